The molecule has 4 aliphatic carbocycles. The maximum absolute atomic E-state index is 11.9. The Morgan fingerprint density at radius 1 is 1.00 bits per heavy atom. The summed E-state index contributed by atoms with van der Waals surface area (Å²) in [6.07, 6.45) is 4.69. The molecule has 4 fully saturated rings. The number of hydrogen-bond acceptors (Lipinski definition) is 2. The van der Waals surface area contributed by atoms with Gasteiger partial charge in [-0.3, -0.25) is 0 Å². The molecule has 0 saturated heterocycles. The van der Waals surface area contributed by atoms with Crippen molar-refractivity contribution in [1.82, 2.24) is 5.32 Å². The van der Waals surface area contributed by atoms with Crippen LogP contribution in [0.4, 0.5) is 8.78 Å². The summed E-state index contributed by atoms with van der Waals surface area (Å²) in [5.74, 6) is 3.66. The van der Waals surface area contributed by atoms with Crippen LogP contribution in [0.2, 0.25) is 0 Å². The van der Waals surface area contributed by atoms with E-state index in [1.165, 1.54) is 32.1 Å². The molecule has 2 nitrogen and oxygen atoms in total. The van der Waals surface area contributed by atoms with Crippen LogP contribution in [0.3, 0.4) is 0 Å². The number of hydrogen-bond donors (Lipinski definition) is 1. The molecule has 0 aliphatic heterocycles. The predicted molar refractivity (Wildman–Crippen MR) is 65.7 cm³/mol. The molecule has 18 heavy (non-hydrogen) atoms. The standard InChI is InChI=1S/C14H23F2NO/c15-13(16)8-18-2-1-17-14-11-4-9-3-10(6-11)7-12(14)5-9/h9-14,17H,1-8H2. The molecule has 4 rings (SSSR count). The highest BCUT2D eigenvalue weighted by molar-refractivity contribution is 5.01. The highest BCUT2D eigenvalue weighted by atomic mass is 19.3. The largest absolute Gasteiger partial charge is 0.374 e. The van der Waals surface area contributed by atoms with Crippen molar-refractivity contribution in [1.29, 1.82) is 0 Å². The molecular weight excluding hydrogens is 236 g/mol. The molecule has 104 valence electrons. The third-order valence-electron chi connectivity index (χ3n) is 5.10. The molecular formula is C14H23F2NO. The van der Waals surface area contributed by atoms with Crippen molar-refractivity contribution < 1.29 is 13.5 Å². The van der Waals surface area contributed by atoms with E-state index < -0.39 is 13.0 Å². The normalized spacial score (nSPS) is 41.8. The average Bonchev–Trinajstić information content (AvgIpc) is 2.30. The fourth-order valence-corrected chi connectivity index (χ4v) is 4.73. The van der Waals surface area contributed by atoms with Gasteiger partial charge in [0.2, 0.25) is 0 Å². The van der Waals surface area contributed by atoms with Crippen LogP contribution in [0, 0.1) is 23.7 Å². The van der Waals surface area contributed by atoms with E-state index in [1.54, 1.807) is 0 Å². The zero-order valence-electron chi connectivity index (χ0n) is 10.8. The third-order valence-corrected chi connectivity index (χ3v) is 5.10. The predicted octanol–water partition coefficient (Wildman–Crippen LogP) is 2.68. The smallest absolute Gasteiger partial charge is 0.261 e. The second kappa shape index (κ2) is 5.41. The summed E-state index contributed by atoms with van der Waals surface area (Å²) in [7, 11) is 0. The molecule has 0 heterocycles. The molecule has 0 spiro atoms. The molecule has 4 aliphatic rings. The van der Waals surface area contributed by atoms with Gasteiger partial charge in [0.1, 0.15) is 6.61 Å². The number of halogens is 2. The van der Waals surface area contributed by atoms with E-state index in [1.807, 2.05) is 0 Å². The van der Waals surface area contributed by atoms with Crippen LogP contribution in [0.25, 0.3) is 0 Å². The molecule has 0 amide bonds. The molecule has 0 aromatic heterocycles. The first-order valence-electron chi connectivity index (χ1n) is 7.31. The van der Waals surface area contributed by atoms with Crippen LogP contribution in [0.5, 0.6) is 0 Å². The van der Waals surface area contributed by atoms with E-state index in [-0.39, 0.29) is 0 Å². The van der Waals surface area contributed by atoms with E-state index in [0.29, 0.717) is 12.6 Å². The second-order valence-electron chi connectivity index (χ2n) is 6.38. The van der Waals surface area contributed by atoms with Gasteiger partial charge in [-0.05, 0) is 55.8 Å². The summed E-state index contributed by atoms with van der Waals surface area (Å²) in [5.41, 5.74) is 0. The maximum Gasteiger partial charge on any atom is 0.261 e. The molecule has 0 atom stereocenters. The molecule has 4 bridgehead atoms. The monoisotopic (exact) mass is 259 g/mol. The summed E-state index contributed by atoms with van der Waals surface area (Å²) in [4.78, 5) is 0. The van der Waals surface area contributed by atoms with E-state index in [9.17, 15) is 8.78 Å². The van der Waals surface area contributed by atoms with Crippen LogP contribution in [0.1, 0.15) is 32.1 Å². The van der Waals surface area contributed by atoms with E-state index >= 15 is 0 Å². The van der Waals surface area contributed by atoms with E-state index in [4.69, 9.17) is 4.74 Å². The van der Waals surface area contributed by atoms with Crippen LogP contribution >= 0.6 is 0 Å². The highest BCUT2D eigenvalue weighted by Gasteiger charge is 2.47. The fraction of sp³-hybridized carbons (Fsp3) is 1.00. The Kier molecular flexibility index (Phi) is 3.85. The summed E-state index contributed by atoms with van der Waals surface area (Å²) in [6, 6.07) is 0.632. The van der Waals surface area contributed by atoms with Crippen molar-refractivity contribution in [3.05, 3.63) is 0 Å². The Morgan fingerprint density at radius 3 is 2.17 bits per heavy atom. The molecule has 0 unspecified atom stereocenters. The lowest BCUT2D eigenvalue weighted by atomic mass is 9.54. The maximum atomic E-state index is 11.9. The quantitative estimate of drug-likeness (QED) is 0.740. The van der Waals surface area contributed by atoms with Crippen molar-refractivity contribution in [3.63, 3.8) is 0 Å². The van der Waals surface area contributed by atoms with Gasteiger partial charge in [0.15, 0.2) is 0 Å². The number of alkyl halides is 2. The molecule has 0 radical (unpaired) electrons. The van der Waals surface area contributed by atoms with Gasteiger partial charge < -0.3 is 10.1 Å². The number of rotatable bonds is 6. The lowest BCUT2D eigenvalue weighted by Crippen LogP contribution is -2.55. The van der Waals surface area contributed by atoms with Crippen molar-refractivity contribution >= 4 is 0 Å². The zero-order valence-corrected chi connectivity index (χ0v) is 10.8. The minimum atomic E-state index is -2.34. The van der Waals surface area contributed by atoms with Crippen LogP contribution in [-0.2, 0) is 4.74 Å². The van der Waals surface area contributed by atoms with Crippen LogP contribution in [-0.4, -0.2) is 32.2 Å². The van der Waals surface area contributed by atoms with Gasteiger partial charge in [-0.25, -0.2) is 8.78 Å². The summed E-state index contributed by atoms with van der Waals surface area (Å²) < 4.78 is 28.7. The Morgan fingerprint density at radius 2 is 1.61 bits per heavy atom. The molecule has 0 aromatic carbocycles. The first kappa shape index (κ1) is 12.8. The third kappa shape index (κ3) is 2.69. The minimum absolute atomic E-state index is 0.410. The van der Waals surface area contributed by atoms with Crippen LogP contribution < -0.4 is 5.32 Å². The van der Waals surface area contributed by atoms with Gasteiger partial charge in [-0.2, -0.15) is 0 Å². The SMILES string of the molecule is FC(F)COCCNC1C2CC3CC(C2)CC1C3. The molecule has 1 N–H and O–H groups in total. The van der Waals surface area contributed by atoms with Gasteiger partial charge in [0.25, 0.3) is 6.43 Å². The van der Waals surface area contributed by atoms with E-state index in [0.717, 1.165) is 30.2 Å². The van der Waals surface area contributed by atoms with Crippen molar-refractivity contribution in [2.75, 3.05) is 19.8 Å². The topological polar surface area (TPSA) is 21.3 Å². The lowest BCUT2D eigenvalue weighted by molar-refractivity contribution is -0.0200. The van der Waals surface area contributed by atoms with Crippen LogP contribution in [0.15, 0.2) is 0 Å². The zero-order chi connectivity index (χ0) is 12.5. The number of ether oxygens (including phenoxy) is 1. The summed E-state index contributed by atoms with van der Waals surface area (Å²) in [5, 5.41) is 3.57. The Balaban J connectivity index is 1.41. The Hall–Kier alpha value is -0.220. The summed E-state index contributed by atoms with van der Waals surface area (Å²) >= 11 is 0. The van der Waals surface area contributed by atoms with Crippen molar-refractivity contribution in [2.45, 2.75) is 44.6 Å². The minimum Gasteiger partial charge on any atom is -0.374 e. The first-order chi connectivity index (χ1) is 8.72. The fourth-order valence-electron chi connectivity index (χ4n) is 4.73. The van der Waals surface area contributed by atoms with Crippen molar-refractivity contribution in [2.24, 2.45) is 23.7 Å². The average molecular weight is 259 g/mol. The van der Waals surface area contributed by atoms with E-state index in [2.05, 4.69) is 5.32 Å². The van der Waals surface area contributed by atoms with Gasteiger partial charge in [0.05, 0.1) is 6.61 Å². The van der Waals surface area contributed by atoms with Crippen molar-refractivity contribution in [3.8, 4) is 0 Å². The highest BCUT2D eigenvalue weighted by Crippen LogP contribution is 2.53. The van der Waals surface area contributed by atoms with Gasteiger partial charge in [-0.1, -0.05) is 0 Å². The summed E-state index contributed by atoms with van der Waals surface area (Å²) in [6.45, 7) is 0.705. The molecule has 4 heteroatoms. The molecule has 0 aromatic rings. The first-order valence-corrected chi connectivity index (χ1v) is 7.31. The van der Waals surface area contributed by atoms with Gasteiger partial charge in [-0.15, -0.1) is 0 Å². The second-order valence-corrected chi connectivity index (χ2v) is 6.38. The van der Waals surface area contributed by atoms with Gasteiger partial charge >= 0.3 is 0 Å². The lowest BCUT2D eigenvalue weighted by Gasteiger charge is -2.54. The molecule has 4 saturated carbocycles. The van der Waals surface area contributed by atoms with Gasteiger partial charge in [0, 0.05) is 12.6 Å². The Bertz CT molecular complexity index is 257. The number of nitrogens with one attached hydrogen (secondary N) is 1. The Labute approximate surface area is 107 Å².